The van der Waals surface area contributed by atoms with Crippen molar-refractivity contribution < 1.29 is 64.2 Å². The van der Waals surface area contributed by atoms with Crippen molar-refractivity contribution in [1.29, 1.82) is 0 Å². The summed E-state index contributed by atoms with van der Waals surface area (Å²) in [5.74, 6) is 0. The molecule has 310 valence electrons. The van der Waals surface area contributed by atoms with Gasteiger partial charge in [0.25, 0.3) is 0 Å². The van der Waals surface area contributed by atoms with Crippen molar-refractivity contribution in [3.05, 3.63) is 0 Å². The predicted molar refractivity (Wildman–Crippen MR) is 197 cm³/mol. The molecule has 0 aliphatic carbocycles. The topological polar surface area (TPSA) is 197 Å². The quantitative estimate of drug-likeness (QED) is 0.0490. The fourth-order valence-electron chi connectivity index (χ4n) is 6.80. The van der Waals surface area contributed by atoms with Gasteiger partial charge >= 0.3 is 0 Å². The van der Waals surface area contributed by atoms with Crippen LogP contribution in [0.25, 0.3) is 0 Å². The summed E-state index contributed by atoms with van der Waals surface area (Å²) in [5, 5.41) is 72.3. The first-order valence-corrected chi connectivity index (χ1v) is 20.7. The maximum absolute atomic E-state index is 11.1. The lowest BCUT2D eigenvalue weighted by molar-refractivity contribution is -0.364. The highest BCUT2D eigenvalue weighted by Crippen LogP contribution is 2.30. The van der Waals surface area contributed by atoms with Gasteiger partial charge < -0.3 is 64.2 Å². The van der Waals surface area contributed by atoms with Crippen LogP contribution < -0.4 is 0 Å². The normalized spacial score (nSPS) is 29.7. The van der Waals surface area contributed by atoms with E-state index in [1.807, 2.05) is 0 Å². The fourth-order valence-corrected chi connectivity index (χ4v) is 6.80. The van der Waals surface area contributed by atoms with Crippen LogP contribution in [0.3, 0.4) is 0 Å². The molecule has 2 aliphatic heterocycles. The second-order valence-electron chi connectivity index (χ2n) is 14.8. The van der Waals surface area contributed by atoms with Gasteiger partial charge in [0.1, 0.15) is 54.9 Å². The molecule has 7 N–H and O–H groups in total. The first kappa shape index (κ1) is 47.6. The van der Waals surface area contributed by atoms with E-state index in [1.165, 1.54) is 103 Å². The number of hydrogen-bond acceptors (Lipinski definition) is 13. The number of aliphatic hydroxyl groups excluding tert-OH is 7. The van der Waals surface area contributed by atoms with Crippen LogP contribution in [0.15, 0.2) is 0 Å². The molecule has 13 nitrogen and oxygen atoms in total. The Balaban J connectivity index is 1.85. The zero-order chi connectivity index (χ0) is 38.0. The van der Waals surface area contributed by atoms with Crippen LogP contribution >= 0.6 is 0 Å². The summed E-state index contributed by atoms with van der Waals surface area (Å²) in [6.45, 7) is 4.65. The average molecular weight is 753 g/mol. The maximum atomic E-state index is 11.1. The van der Waals surface area contributed by atoms with Gasteiger partial charge in [-0.2, -0.15) is 0 Å². The third-order valence-electron chi connectivity index (χ3n) is 10.2. The lowest BCUT2D eigenvalue weighted by Gasteiger charge is -2.46. The first-order chi connectivity index (χ1) is 25.3. The molecule has 2 saturated heterocycles. The van der Waals surface area contributed by atoms with E-state index >= 15 is 0 Å². The van der Waals surface area contributed by atoms with E-state index in [-0.39, 0.29) is 13.2 Å². The molecule has 0 spiro atoms. The van der Waals surface area contributed by atoms with E-state index in [4.69, 9.17) is 28.4 Å². The Morgan fingerprint density at radius 3 is 1.31 bits per heavy atom. The van der Waals surface area contributed by atoms with E-state index in [2.05, 4.69) is 13.8 Å². The van der Waals surface area contributed by atoms with Gasteiger partial charge in [-0.1, -0.05) is 129 Å². The molecular formula is C39H76O13. The highest BCUT2D eigenvalue weighted by Gasteiger charge is 2.51. The predicted octanol–water partition coefficient (Wildman–Crippen LogP) is 3.87. The molecule has 0 bridgehead atoms. The molecule has 0 unspecified atom stereocenters. The van der Waals surface area contributed by atoms with E-state index in [0.29, 0.717) is 13.2 Å². The van der Waals surface area contributed by atoms with Crippen molar-refractivity contribution in [1.82, 2.24) is 0 Å². The third kappa shape index (κ3) is 18.4. The van der Waals surface area contributed by atoms with Crippen LogP contribution in [-0.2, 0) is 28.4 Å². The van der Waals surface area contributed by atoms with Crippen molar-refractivity contribution >= 4 is 0 Å². The Morgan fingerprint density at radius 1 is 0.462 bits per heavy atom. The van der Waals surface area contributed by atoms with Crippen LogP contribution in [-0.4, -0.2) is 143 Å². The summed E-state index contributed by atoms with van der Waals surface area (Å²) in [6.07, 6.45) is 8.72. The lowest BCUT2D eigenvalue weighted by atomic mass is 9.97. The first-order valence-electron chi connectivity index (χ1n) is 20.7. The van der Waals surface area contributed by atoms with Gasteiger partial charge in [-0.15, -0.1) is 0 Å². The Bertz CT molecular complexity index is 793. The Hall–Kier alpha value is -0.520. The van der Waals surface area contributed by atoms with Crippen molar-refractivity contribution in [3.8, 4) is 0 Å². The number of unbranched alkanes of at least 4 members (excludes halogenated alkanes) is 18. The molecule has 10 atom stereocenters. The smallest absolute Gasteiger partial charge is 0.187 e. The van der Waals surface area contributed by atoms with Crippen LogP contribution in [0.1, 0.15) is 142 Å². The van der Waals surface area contributed by atoms with E-state index in [9.17, 15) is 35.7 Å². The van der Waals surface area contributed by atoms with Gasteiger partial charge in [0, 0.05) is 13.2 Å². The second-order valence-corrected chi connectivity index (χ2v) is 14.8. The van der Waals surface area contributed by atoms with Crippen molar-refractivity contribution in [2.45, 2.75) is 210 Å². The molecule has 0 radical (unpaired) electrons. The van der Waals surface area contributed by atoms with Gasteiger partial charge in [-0.05, 0) is 12.8 Å². The molecule has 2 fully saturated rings. The lowest BCUT2D eigenvalue weighted by Crippen LogP contribution is -2.65. The van der Waals surface area contributed by atoms with Crippen LogP contribution in [0.4, 0.5) is 0 Å². The van der Waals surface area contributed by atoms with Crippen molar-refractivity contribution in [3.63, 3.8) is 0 Å². The molecule has 52 heavy (non-hydrogen) atoms. The molecule has 2 rings (SSSR count). The van der Waals surface area contributed by atoms with Crippen LogP contribution in [0.5, 0.6) is 0 Å². The molecule has 0 saturated carbocycles. The molecule has 0 aromatic heterocycles. The number of ether oxygens (including phenoxy) is 6. The number of aliphatic hydroxyl groups is 7. The standard InChI is InChI=1S/C39H76O13/c1-3-5-7-9-11-13-15-17-19-21-23-47-27-29(28-48-24-22-20-18-16-14-12-10-8-6-4-2)49-38-36(46)34(44)37(31(26-41)51-38)52-39-35(45)33(43)32(42)30(25-40)50-39/h29-46H,3-28H2,1-2H3/t30-,31-,32-,33+,34-,35-,36-,37-,38-,39+/m1/s1. The van der Waals surface area contributed by atoms with Gasteiger partial charge in [-0.3, -0.25) is 0 Å². The Labute approximate surface area is 313 Å². The summed E-state index contributed by atoms with van der Waals surface area (Å²) in [6, 6.07) is 0. The van der Waals surface area contributed by atoms with Crippen LogP contribution in [0, 0.1) is 0 Å². The minimum atomic E-state index is -1.74. The zero-order valence-electron chi connectivity index (χ0n) is 32.3. The summed E-state index contributed by atoms with van der Waals surface area (Å²) in [7, 11) is 0. The maximum Gasteiger partial charge on any atom is 0.187 e. The average Bonchev–Trinajstić information content (AvgIpc) is 3.15. The zero-order valence-corrected chi connectivity index (χ0v) is 32.3. The second kappa shape index (κ2) is 29.7. The highest BCUT2D eigenvalue weighted by molar-refractivity contribution is 4.94. The summed E-state index contributed by atoms with van der Waals surface area (Å²) >= 11 is 0. The Kier molecular flexibility index (Phi) is 27.2. The minimum Gasteiger partial charge on any atom is -0.394 e. The molecule has 2 heterocycles. The Morgan fingerprint density at radius 2 is 0.865 bits per heavy atom. The van der Waals surface area contributed by atoms with Gasteiger partial charge in [0.05, 0.1) is 26.4 Å². The molecule has 0 amide bonds. The molecule has 0 aromatic carbocycles. The van der Waals surface area contributed by atoms with Crippen molar-refractivity contribution in [2.75, 3.05) is 39.6 Å². The molecular weight excluding hydrogens is 676 g/mol. The van der Waals surface area contributed by atoms with E-state index in [1.54, 1.807) is 0 Å². The SMILES string of the molecule is CCCCCCCCCCCCOCC(COCCCCCCCCCCCC)O[C@@H]1O[C@H](CO)[C@@H](O[C@@H]2O[C@H](CO)[C@@H](O)[C@H](O)[C@H]2O)[C@H](O)[C@H]1O. The van der Waals surface area contributed by atoms with E-state index in [0.717, 1.165) is 25.7 Å². The summed E-state index contributed by atoms with van der Waals surface area (Å²) in [5.41, 5.74) is 0. The highest BCUT2D eigenvalue weighted by atomic mass is 16.7. The minimum absolute atomic E-state index is 0.187. The third-order valence-corrected chi connectivity index (χ3v) is 10.2. The summed E-state index contributed by atoms with van der Waals surface area (Å²) in [4.78, 5) is 0. The van der Waals surface area contributed by atoms with Gasteiger partial charge in [-0.25, -0.2) is 0 Å². The van der Waals surface area contributed by atoms with E-state index < -0.39 is 80.7 Å². The molecule has 0 aromatic rings. The molecule has 13 heteroatoms. The summed E-state index contributed by atoms with van der Waals surface area (Å²) < 4.78 is 35.0. The van der Waals surface area contributed by atoms with Gasteiger partial charge in [0.15, 0.2) is 12.6 Å². The monoisotopic (exact) mass is 753 g/mol. The number of hydrogen-bond donors (Lipinski definition) is 7. The largest absolute Gasteiger partial charge is 0.394 e. The van der Waals surface area contributed by atoms with Crippen molar-refractivity contribution in [2.24, 2.45) is 0 Å². The fraction of sp³-hybridized carbons (Fsp3) is 1.00. The molecule has 2 aliphatic rings. The van der Waals surface area contributed by atoms with Gasteiger partial charge in [0.2, 0.25) is 0 Å². The van der Waals surface area contributed by atoms with Crippen LogP contribution in [0.2, 0.25) is 0 Å². The number of rotatable bonds is 32.